The SMILES string of the molecule is CC1NCC2(CCC2)c2sc(Cl)cc21. The lowest BCUT2D eigenvalue weighted by Gasteiger charge is -2.46. The summed E-state index contributed by atoms with van der Waals surface area (Å²) in [4.78, 5) is 1.57. The van der Waals surface area contributed by atoms with Gasteiger partial charge in [-0.15, -0.1) is 11.3 Å². The summed E-state index contributed by atoms with van der Waals surface area (Å²) in [6, 6.07) is 2.64. The van der Waals surface area contributed by atoms with Gasteiger partial charge in [-0.05, 0) is 31.4 Å². The molecule has 14 heavy (non-hydrogen) atoms. The van der Waals surface area contributed by atoms with Crippen molar-refractivity contribution in [2.45, 2.75) is 37.6 Å². The van der Waals surface area contributed by atoms with E-state index in [1.54, 1.807) is 16.2 Å². The van der Waals surface area contributed by atoms with Gasteiger partial charge in [-0.2, -0.15) is 0 Å². The Kier molecular flexibility index (Phi) is 1.95. The van der Waals surface area contributed by atoms with Crippen LogP contribution in [0.15, 0.2) is 6.07 Å². The highest BCUT2D eigenvalue weighted by atomic mass is 35.5. The number of halogens is 1. The Balaban J connectivity index is 2.11. The number of fused-ring (bicyclic) bond motifs is 2. The van der Waals surface area contributed by atoms with Crippen LogP contribution in [0.5, 0.6) is 0 Å². The second-order valence-corrected chi connectivity index (χ2v) is 6.25. The van der Waals surface area contributed by atoms with Gasteiger partial charge in [-0.3, -0.25) is 0 Å². The molecule has 1 aliphatic carbocycles. The van der Waals surface area contributed by atoms with Crippen LogP contribution in [-0.4, -0.2) is 6.54 Å². The Morgan fingerprint density at radius 2 is 2.36 bits per heavy atom. The minimum Gasteiger partial charge on any atom is -0.309 e. The van der Waals surface area contributed by atoms with Crippen molar-refractivity contribution in [3.63, 3.8) is 0 Å². The highest BCUT2D eigenvalue weighted by Crippen LogP contribution is 2.51. The minimum absolute atomic E-state index is 0.458. The molecule has 1 unspecified atom stereocenters. The molecule has 1 fully saturated rings. The van der Waals surface area contributed by atoms with Crippen LogP contribution in [0.4, 0.5) is 0 Å². The molecule has 0 aromatic carbocycles. The Morgan fingerprint density at radius 1 is 1.57 bits per heavy atom. The van der Waals surface area contributed by atoms with Crippen molar-refractivity contribution in [1.29, 1.82) is 0 Å². The zero-order valence-electron chi connectivity index (χ0n) is 8.27. The molecule has 3 heteroatoms. The van der Waals surface area contributed by atoms with Crippen molar-refractivity contribution in [2.75, 3.05) is 6.54 Å². The van der Waals surface area contributed by atoms with Gasteiger partial charge in [0.05, 0.1) is 4.34 Å². The summed E-state index contributed by atoms with van der Waals surface area (Å²) < 4.78 is 0.955. The van der Waals surface area contributed by atoms with Crippen molar-refractivity contribution in [3.05, 3.63) is 20.8 Å². The molecule has 0 amide bonds. The molecular formula is C11H14ClNS. The molecule has 2 heterocycles. The lowest BCUT2D eigenvalue weighted by Crippen LogP contribution is -2.48. The van der Waals surface area contributed by atoms with Gasteiger partial charge in [0, 0.05) is 22.9 Å². The van der Waals surface area contributed by atoms with Crippen molar-refractivity contribution < 1.29 is 0 Å². The van der Waals surface area contributed by atoms with E-state index in [9.17, 15) is 0 Å². The maximum atomic E-state index is 6.12. The predicted molar refractivity (Wildman–Crippen MR) is 61.3 cm³/mol. The van der Waals surface area contributed by atoms with E-state index in [1.807, 2.05) is 0 Å². The highest BCUT2D eigenvalue weighted by Gasteiger charge is 2.44. The van der Waals surface area contributed by atoms with Crippen LogP contribution in [0, 0.1) is 0 Å². The van der Waals surface area contributed by atoms with Crippen LogP contribution in [0.3, 0.4) is 0 Å². The third-order valence-corrected chi connectivity index (χ3v) is 5.26. The van der Waals surface area contributed by atoms with E-state index in [-0.39, 0.29) is 0 Å². The van der Waals surface area contributed by atoms with Gasteiger partial charge in [-0.1, -0.05) is 18.0 Å². The van der Waals surface area contributed by atoms with Crippen LogP contribution in [0.1, 0.15) is 42.7 Å². The third-order valence-electron chi connectivity index (χ3n) is 3.74. The first-order valence-corrected chi connectivity index (χ1v) is 6.44. The Labute approximate surface area is 93.5 Å². The monoisotopic (exact) mass is 227 g/mol. The average Bonchev–Trinajstić information content (AvgIpc) is 2.45. The highest BCUT2D eigenvalue weighted by molar-refractivity contribution is 7.16. The van der Waals surface area contributed by atoms with Crippen LogP contribution in [-0.2, 0) is 5.41 Å². The quantitative estimate of drug-likeness (QED) is 0.716. The number of thiophene rings is 1. The normalized spacial score (nSPS) is 28.6. The van der Waals surface area contributed by atoms with Gasteiger partial charge in [0.15, 0.2) is 0 Å². The van der Waals surface area contributed by atoms with Crippen LogP contribution in [0.25, 0.3) is 0 Å². The molecule has 0 bridgehead atoms. The lowest BCUT2D eigenvalue weighted by atomic mass is 9.65. The zero-order chi connectivity index (χ0) is 9.76. The van der Waals surface area contributed by atoms with Gasteiger partial charge in [0.2, 0.25) is 0 Å². The maximum Gasteiger partial charge on any atom is 0.0934 e. The number of nitrogens with one attached hydrogen (secondary N) is 1. The van der Waals surface area contributed by atoms with Gasteiger partial charge in [0.1, 0.15) is 0 Å². The summed E-state index contributed by atoms with van der Waals surface area (Å²) >= 11 is 7.92. The first-order valence-electron chi connectivity index (χ1n) is 5.24. The number of rotatable bonds is 0. The van der Waals surface area contributed by atoms with Crippen LogP contribution >= 0.6 is 22.9 Å². The molecule has 1 nitrogen and oxygen atoms in total. The fraction of sp³-hybridized carbons (Fsp3) is 0.636. The molecule has 1 aromatic heterocycles. The number of hydrogen-bond acceptors (Lipinski definition) is 2. The molecule has 0 saturated heterocycles. The molecular weight excluding hydrogens is 214 g/mol. The minimum atomic E-state index is 0.458. The molecule has 1 atom stereocenters. The predicted octanol–water partition coefficient (Wildman–Crippen LogP) is 3.49. The molecule has 3 rings (SSSR count). The van der Waals surface area contributed by atoms with Crippen molar-refractivity contribution in [2.24, 2.45) is 0 Å². The molecule has 1 N–H and O–H groups in total. The second kappa shape index (κ2) is 2.97. The summed E-state index contributed by atoms with van der Waals surface area (Å²) in [7, 11) is 0. The summed E-state index contributed by atoms with van der Waals surface area (Å²) in [5.41, 5.74) is 1.91. The molecule has 1 saturated carbocycles. The average molecular weight is 228 g/mol. The van der Waals surface area contributed by atoms with E-state index in [2.05, 4.69) is 18.3 Å². The van der Waals surface area contributed by atoms with Crippen molar-refractivity contribution in [1.82, 2.24) is 5.32 Å². The molecule has 0 radical (unpaired) electrons. The lowest BCUT2D eigenvalue weighted by molar-refractivity contribution is 0.214. The molecule has 1 spiro atoms. The summed E-state index contributed by atoms with van der Waals surface area (Å²) in [5.74, 6) is 0. The fourth-order valence-corrected chi connectivity index (χ4v) is 4.23. The fourth-order valence-electron chi connectivity index (χ4n) is 2.66. The molecule has 1 aliphatic heterocycles. The standard InChI is InChI=1S/C11H14ClNS/c1-7-8-5-9(12)14-10(8)11(6-13-7)3-2-4-11/h5,7,13H,2-4,6H2,1H3. The van der Waals surface area contributed by atoms with Gasteiger partial charge in [-0.25, -0.2) is 0 Å². The van der Waals surface area contributed by atoms with Crippen LogP contribution < -0.4 is 5.32 Å². The number of hydrogen-bond donors (Lipinski definition) is 1. The van der Waals surface area contributed by atoms with E-state index in [1.165, 1.54) is 24.8 Å². The smallest absolute Gasteiger partial charge is 0.0934 e. The summed E-state index contributed by atoms with van der Waals surface area (Å²) in [6.07, 6.45) is 4.07. The third kappa shape index (κ3) is 1.11. The van der Waals surface area contributed by atoms with E-state index >= 15 is 0 Å². The molecule has 76 valence electrons. The van der Waals surface area contributed by atoms with Gasteiger partial charge < -0.3 is 5.32 Å². The van der Waals surface area contributed by atoms with Gasteiger partial charge in [0.25, 0.3) is 0 Å². The van der Waals surface area contributed by atoms with E-state index in [0.717, 1.165) is 10.9 Å². The molecule has 1 aromatic rings. The summed E-state index contributed by atoms with van der Waals surface area (Å²) in [6.45, 7) is 3.38. The maximum absolute atomic E-state index is 6.12. The van der Waals surface area contributed by atoms with E-state index < -0.39 is 0 Å². The van der Waals surface area contributed by atoms with E-state index in [0.29, 0.717) is 11.5 Å². The van der Waals surface area contributed by atoms with Gasteiger partial charge >= 0.3 is 0 Å². The first kappa shape index (κ1) is 9.20. The van der Waals surface area contributed by atoms with Crippen LogP contribution in [0.2, 0.25) is 4.34 Å². The van der Waals surface area contributed by atoms with E-state index in [4.69, 9.17) is 11.6 Å². The Bertz CT molecular complexity index is 367. The molecule has 2 aliphatic rings. The Morgan fingerprint density at radius 3 is 3.00 bits per heavy atom. The zero-order valence-corrected chi connectivity index (χ0v) is 9.84. The largest absolute Gasteiger partial charge is 0.309 e. The van der Waals surface area contributed by atoms with Crippen molar-refractivity contribution >= 4 is 22.9 Å². The second-order valence-electron chi connectivity index (χ2n) is 4.57. The first-order chi connectivity index (χ1) is 6.71. The van der Waals surface area contributed by atoms with Crippen molar-refractivity contribution in [3.8, 4) is 0 Å². The summed E-state index contributed by atoms with van der Waals surface area (Å²) in [5, 5.41) is 3.59. The topological polar surface area (TPSA) is 12.0 Å². The Hall–Kier alpha value is -0.0500.